The number of thiocarbonyl (C=S) groups is 1. The van der Waals surface area contributed by atoms with Crippen molar-refractivity contribution in [3.63, 3.8) is 0 Å². The van der Waals surface area contributed by atoms with E-state index in [1.54, 1.807) is 0 Å². The van der Waals surface area contributed by atoms with Crippen LogP contribution in [0, 0.1) is 11.8 Å². The molecule has 6 nitrogen and oxygen atoms in total. The molecule has 0 spiro atoms. The second-order valence-electron chi connectivity index (χ2n) is 9.17. The van der Waals surface area contributed by atoms with Gasteiger partial charge in [-0.2, -0.15) is 9.97 Å². The zero-order chi connectivity index (χ0) is 22.5. The molecule has 2 aliphatic heterocycles. The molecule has 8 heteroatoms. The normalized spacial score (nSPS) is 19.7. The van der Waals surface area contributed by atoms with E-state index < -0.39 is 0 Å². The summed E-state index contributed by atoms with van der Waals surface area (Å²) in [5, 5.41) is 7.66. The minimum Gasteiger partial charge on any atom is -0.358 e. The highest BCUT2D eigenvalue weighted by Gasteiger charge is 2.22. The summed E-state index contributed by atoms with van der Waals surface area (Å²) >= 11 is 11.8. The van der Waals surface area contributed by atoms with Crippen molar-refractivity contribution in [1.29, 1.82) is 0 Å². The first-order valence-corrected chi connectivity index (χ1v) is 12.4. The number of nitrogens with zero attached hydrogens (tertiary/aromatic N) is 4. The Morgan fingerprint density at radius 1 is 1.03 bits per heavy atom. The van der Waals surface area contributed by atoms with Gasteiger partial charge >= 0.3 is 0 Å². The van der Waals surface area contributed by atoms with Crippen LogP contribution in [0.25, 0.3) is 0 Å². The van der Waals surface area contributed by atoms with E-state index in [2.05, 4.69) is 40.3 Å². The third-order valence-corrected chi connectivity index (χ3v) is 7.03. The molecule has 0 bridgehead atoms. The maximum Gasteiger partial charge on any atom is 0.232 e. The number of halogens is 1. The zero-order valence-corrected chi connectivity index (χ0v) is 20.6. The Kier molecular flexibility index (Phi) is 7.68. The van der Waals surface area contributed by atoms with E-state index in [1.165, 1.54) is 25.7 Å². The van der Waals surface area contributed by atoms with E-state index in [0.717, 1.165) is 54.3 Å². The number of aromatic nitrogens is 2. The van der Waals surface area contributed by atoms with Gasteiger partial charge in [-0.05, 0) is 61.4 Å². The van der Waals surface area contributed by atoms with Crippen molar-refractivity contribution in [3.05, 3.63) is 40.9 Å². The molecule has 1 aromatic carbocycles. The van der Waals surface area contributed by atoms with Gasteiger partial charge in [0.25, 0.3) is 0 Å². The van der Waals surface area contributed by atoms with Crippen molar-refractivity contribution < 1.29 is 0 Å². The lowest BCUT2D eigenvalue weighted by Crippen LogP contribution is -2.37. The minimum absolute atomic E-state index is 0.493. The van der Waals surface area contributed by atoms with Crippen molar-refractivity contribution in [2.75, 3.05) is 41.3 Å². The molecule has 4 rings (SSSR count). The summed E-state index contributed by atoms with van der Waals surface area (Å²) in [7, 11) is 0. The Bertz CT molecular complexity index is 930. The highest BCUT2D eigenvalue weighted by Crippen LogP contribution is 2.28. The molecule has 0 aliphatic carbocycles. The molecule has 1 unspecified atom stereocenters. The standard InChI is InChI=1S/C24H33ClN6S/c1-17-9-12-30(13-10-17)21-14-22(31-11-5-6-18(2)16-31)28-23(27-21)29-24(32)26-15-19-7-3-4-8-20(19)25/h3-4,7-8,14,17-18H,5-6,9-13,15-16H2,1-2H3,(H2,26,27,28,29,32). The number of hydrogen-bond donors (Lipinski definition) is 2. The molecule has 1 aromatic heterocycles. The SMILES string of the molecule is CC1CCN(c2cc(N3CCCC(C)C3)nc(NC(=S)NCc3ccccc3Cl)n2)CC1. The molecule has 32 heavy (non-hydrogen) atoms. The van der Waals surface area contributed by atoms with Crippen LogP contribution in [-0.4, -0.2) is 41.3 Å². The lowest BCUT2D eigenvalue weighted by Gasteiger charge is -2.34. The largest absolute Gasteiger partial charge is 0.358 e. The fourth-order valence-corrected chi connectivity index (χ4v) is 4.77. The van der Waals surface area contributed by atoms with E-state index in [4.69, 9.17) is 33.8 Å². The topological polar surface area (TPSA) is 56.3 Å². The van der Waals surface area contributed by atoms with Crippen molar-refractivity contribution in [2.24, 2.45) is 11.8 Å². The predicted molar refractivity (Wildman–Crippen MR) is 138 cm³/mol. The molecule has 2 fully saturated rings. The lowest BCUT2D eigenvalue weighted by molar-refractivity contribution is 0.435. The third kappa shape index (κ3) is 6.01. The first-order chi connectivity index (χ1) is 15.5. The van der Waals surface area contributed by atoms with Gasteiger partial charge in [0, 0.05) is 43.8 Å². The van der Waals surface area contributed by atoms with Gasteiger partial charge in [-0.25, -0.2) is 0 Å². The highest BCUT2D eigenvalue weighted by atomic mass is 35.5. The summed E-state index contributed by atoms with van der Waals surface area (Å²) in [4.78, 5) is 14.4. The number of piperidine rings is 2. The molecule has 0 radical (unpaired) electrons. The van der Waals surface area contributed by atoms with E-state index in [9.17, 15) is 0 Å². The van der Waals surface area contributed by atoms with Crippen molar-refractivity contribution >= 4 is 46.5 Å². The summed E-state index contributed by atoms with van der Waals surface area (Å²) in [6, 6.07) is 9.91. The van der Waals surface area contributed by atoms with Gasteiger partial charge in [0.15, 0.2) is 5.11 Å². The number of benzene rings is 1. The molecule has 3 heterocycles. The number of anilines is 3. The number of nitrogens with one attached hydrogen (secondary N) is 2. The van der Waals surface area contributed by atoms with Crippen LogP contribution in [0.2, 0.25) is 5.02 Å². The summed E-state index contributed by atoms with van der Waals surface area (Å²) in [5.41, 5.74) is 0.999. The Morgan fingerprint density at radius 2 is 1.75 bits per heavy atom. The van der Waals surface area contributed by atoms with Crippen LogP contribution in [0.15, 0.2) is 30.3 Å². The summed E-state index contributed by atoms with van der Waals surface area (Å²) < 4.78 is 0. The third-order valence-electron chi connectivity index (χ3n) is 6.41. The molecule has 2 aliphatic rings. The Balaban J connectivity index is 1.50. The summed E-state index contributed by atoms with van der Waals surface area (Å²) in [5.74, 6) is 3.96. The molecular weight excluding hydrogens is 440 g/mol. The molecule has 2 aromatic rings. The van der Waals surface area contributed by atoms with Gasteiger partial charge in [0.05, 0.1) is 0 Å². The second-order valence-corrected chi connectivity index (χ2v) is 9.99. The lowest BCUT2D eigenvalue weighted by atomic mass is 9.99. The zero-order valence-electron chi connectivity index (χ0n) is 19.0. The fraction of sp³-hybridized carbons (Fsp3) is 0.542. The van der Waals surface area contributed by atoms with Crippen LogP contribution in [-0.2, 0) is 6.54 Å². The second kappa shape index (κ2) is 10.7. The summed E-state index contributed by atoms with van der Waals surface area (Å²) in [6.07, 6.45) is 4.86. The van der Waals surface area contributed by atoms with Gasteiger partial charge in [-0.15, -0.1) is 0 Å². The first kappa shape index (κ1) is 23.1. The molecule has 172 valence electrons. The maximum atomic E-state index is 6.26. The maximum absolute atomic E-state index is 6.26. The molecule has 0 saturated carbocycles. The van der Waals surface area contributed by atoms with E-state index in [-0.39, 0.29) is 0 Å². The Morgan fingerprint density at radius 3 is 2.47 bits per heavy atom. The minimum atomic E-state index is 0.493. The number of rotatable bonds is 5. The van der Waals surface area contributed by atoms with Gasteiger partial charge in [0.1, 0.15) is 11.6 Å². The van der Waals surface area contributed by atoms with Gasteiger partial charge < -0.3 is 20.4 Å². The average Bonchev–Trinajstić information content (AvgIpc) is 2.79. The summed E-state index contributed by atoms with van der Waals surface area (Å²) in [6.45, 7) is 9.31. The number of hydrogen-bond acceptors (Lipinski definition) is 5. The van der Waals surface area contributed by atoms with Crippen LogP contribution in [0.3, 0.4) is 0 Å². The molecule has 2 N–H and O–H groups in total. The Hall–Kier alpha value is -2.12. The van der Waals surface area contributed by atoms with E-state index in [0.29, 0.717) is 23.5 Å². The fourth-order valence-electron chi connectivity index (χ4n) is 4.40. The first-order valence-electron chi connectivity index (χ1n) is 11.6. The van der Waals surface area contributed by atoms with Crippen LogP contribution < -0.4 is 20.4 Å². The molecule has 2 saturated heterocycles. The van der Waals surface area contributed by atoms with Gasteiger partial charge in [-0.1, -0.05) is 43.6 Å². The van der Waals surface area contributed by atoms with Crippen molar-refractivity contribution in [2.45, 2.75) is 46.1 Å². The van der Waals surface area contributed by atoms with Crippen LogP contribution >= 0.6 is 23.8 Å². The Labute approximate surface area is 201 Å². The average molecular weight is 473 g/mol. The van der Waals surface area contributed by atoms with Crippen molar-refractivity contribution in [1.82, 2.24) is 15.3 Å². The quantitative estimate of drug-likeness (QED) is 0.588. The van der Waals surface area contributed by atoms with Crippen LogP contribution in [0.1, 0.15) is 45.1 Å². The smallest absolute Gasteiger partial charge is 0.232 e. The van der Waals surface area contributed by atoms with Crippen molar-refractivity contribution in [3.8, 4) is 0 Å². The van der Waals surface area contributed by atoms with Crippen LogP contribution in [0.5, 0.6) is 0 Å². The molecule has 0 amide bonds. The predicted octanol–water partition coefficient (Wildman–Crippen LogP) is 5.09. The highest BCUT2D eigenvalue weighted by molar-refractivity contribution is 7.80. The molecule has 1 atom stereocenters. The van der Waals surface area contributed by atoms with E-state index in [1.807, 2.05) is 24.3 Å². The molecular formula is C24H33ClN6S. The van der Waals surface area contributed by atoms with Crippen LogP contribution in [0.4, 0.5) is 17.6 Å². The van der Waals surface area contributed by atoms with Gasteiger partial charge in [0.2, 0.25) is 5.95 Å². The van der Waals surface area contributed by atoms with E-state index >= 15 is 0 Å². The monoisotopic (exact) mass is 472 g/mol. The van der Waals surface area contributed by atoms with Gasteiger partial charge in [-0.3, -0.25) is 0 Å².